The van der Waals surface area contributed by atoms with E-state index in [4.69, 9.17) is 0 Å². The van der Waals surface area contributed by atoms with Gasteiger partial charge in [-0.15, -0.1) is 0 Å². The van der Waals surface area contributed by atoms with E-state index in [0.29, 0.717) is 0 Å². The van der Waals surface area contributed by atoms with Crippen LogP contribution in [0.4, 0.5) is 11.4 Å². The Morgan fingerprint density at radius 2 is 2.23 bits per heavy atom. The van der Waals surface area contributed by atoms with Crippen LogP contribution in [0.1, 0.15) is 11.1 Å². The second kappa shape index (κ2) is 2.57. The van der Waals surface area contributed by atoms with E-state index >= 15 is 0 Å². The number of anilines is 1. The summed E-state index contributed by atoms with van der Waals surface area (Å²) in [4.78, 5) is 4.36. The molecule has 0 fully saturated rings. The minimum Gasteiger partial charge on any atom is -0.378 e. The third kappa shape index (κ3) is 0.971. The van der Waals surface area contributed by atoms with Gasteiger partial charge in [0.2, 0.25) is 0 Å². The van der Waals surface area contributed by atoms with Gasteiger partial charge in [0, 0.05) is 19.3 Å². The van der Waals surface area contributed by atoms with Gasteiger partial charge < -0.3 is 10.6 Å². The van der Waals surface area contributed by atoms with E-state index in [-0.39, 0.29) is 0 Å². The molecule has 2 heterocycles. The highest BCUT2D eigenvalue weighted by Gasteiger charge is 2.17. The Morgan fingerprint density at radius 3 is 3.23 bits per heavy atom. The highest BCUT2D eigenvalue weighted by molar-refractivity contribution is 5.83. The van der Waals surface area contributed by atoms with Gasteiger partial charge in [0.05, 0.1) is 17.9 Å². The number of hydrogen-bond donors (Lipinski definition) is 2. The predicted octanol–water partition coefficient (Wildman–Crippen LogP) is 1.42. The molecule has 0 unspecified atom stereocenters. The van der Waals surface area contributed by atoms with Crippen molar-refractivity contribution in [3.63, 3.8) is 0 Å². The van der Waals surface area contributed by atoms with Gasteiger partial charge in [-0.1, -0.05) is 6.07 Å². The first-order chi connectivity index (χ1) is 6.45. The van der Waals surface area contributed by atoms with Crippen molar-refractivity contribution in [1.29, 1.82) is 0 Å². The molecule has 1 aromatic rings. The molecular formula is C10H11N3. The molecule has 0 spiro atoms. The van der Waals surface area contributed by atoms with Crippen molar-refractivity contribution in [1.82, 2.24) is 5.32 Å². The molecule has 0 aliphatic carbocycles. The molecule has 0 bridgehead atoms. The highest BCUT2D eigenvalue weighted by atomic mass is 15.0. The SMILES string of the molecule is C1=Nc2ccc3c(c2NC1)CNC3. The largest absolute Gasteiger partial charge is 0.378 e. The van der Waals surface area contributed by atoms with Crippen molar-refractivity contribution in [2.75, 3.05) is 11.9 Å². The fourth-order valence-electron chi connectivity index (χ4n) is 1.96. The molecule has 0 saturated heterocycles. The van der Waals surface area contributed by atoms with Crippen LogP contribution in [0, 0.1) is 0 Å². The first kappa shape index (κ1) is 7.09. The molecule has 3 nitrogen and oxygen atoms in total. The van der Waals surface area contributed by atoms with Gasteiger partial charge in [0.15, 0.2) is 0 Å². The van der Waals surface area contributed by atoms with Crippen molar-refractivity contribution < 1.29 is 0 Å². The fourth-order valence-corrected chi connectivity index (χ4v) is 1.96. The zero-order chi connectivity index (χ0) is 8.67. The third-order valence-electron chi connectivity index (χ3n) is 2.61. The zero-order valence-corrected chi connectivity index (χ0v) is 7.30. The molecule has 2 N–H and O–H groups in total. The van der Waals surface area contributed by atoms with E-state index in [1.807, 2.05) is 6.21 Å². The molecule has 1 aromatic carbocycles. The lowest BCUT2D eigenvalue weighted by Gasteiger charge is -2.15. The maximum absolute atomic E-state index is 4.36. The van der Waals surface area contributed by atoms with E-state index in [2.05, 4.69) is 27.8 Å². The van der Waals surface area contributed by atoms with Crippen LogP contribution in [0.2, 0.25) is 0 Å². The molecule has 0 amide bonds. The van der Waals surface area contributed by atoms with Crippen LogP contribution in [0.3, 0.4) is 0 Å². The molecule has 0 aromatic heterocycles. The molecule has 0 atom stereocenters. The Kier molecular flexibility index (Phi) is 1.40. The average molecular weight is 173 g/mol. The molecule has 0 radical (unpaired) electrons. The summed E-state index contributed by atoms with van der Waals surface area (Å²) in [5.41, 5.74) is 5.11. The molecule has 66 valence electrons. The maximum atomic E-state index is 4.36. The van der Waals surface area contributed by atoms with Crippen molar-refractivity contribution >= 4 is 17.6 Å². The number of hydrogen-bond acceptors (Lipinski definition) is 3. The molecule has 3 heteroatoms. The Balaban J connectivity index is 2.23. The Hall–Kier alpha value is -1.35. The number of rotatable bonds is 0. The van der Waals surface area contributed by atoms with Crippen LogP contribution in [0.25, 0.3) is 0 Å². The van der Waals surface area contributed by atoms with Gasteiger partial charge in [0.25, 0.3) is 0 Å². The first-order valence-electron chi connectivity index (χ1n) is 4.57. The minimum absolute atomic E-state index is 0.851. The summed E-state index contributed by atoms with van der Waals surface area (Å²) in [5, 5.41) is 6.72. The Bertz CT molecular complexity index is 382. The summed E-state index contributed by atoms with van der Waals surface area (Å²) in [5.74, 6) is 0. The van der Waals surface area contributed by atoms with E-state index in [1.54, 1.807) is 0 Å². The molecule has 3 rings (SSSR count). The number of fused-ring (bicyclic) bond motifs is 3. The summed E-state index contributed by atoms with van der Waals surface area (Å²) in [6.07, 6.45) is 1.91. The molecule has 2 aliphatic rings. The van der Waals surface area contributed by atoms with E-state index in [9.17, 15) is 0 Å². The topological polar surface area (TPSA) is 36.4 Å². The summed E-state index contributed by atoms with van der Waals surface area (Å²) >= 11 is 0. The van der Waals surface area contributed by atoms with Crippen LogP contribution >= 0.6 is 0 Å². The van der Waals surface area contributed by atoms with Crippen LogP contribution < -0.4 is 10.6 Å². The minimum atomic E-state index is 0.851. The van der Waals surface area contributed by atoms with Gasteiger partial charge in [-0.05, 0) is 17.2 Å². The van der Waals surface area contributed by atoms with Gasteiger partial charge >= 0.3 is 0 Å². The highest BCUT2D eigenvalue weighted by Crippen LogP contribution is 2.34. The lowest BCUT2D eigenvalue weighted by Crippen LogP contribution is -2.09. The van der Waals surface area contributed by atoms with Crippen molar-refractivity contribution in [3.05, 3.63) is 23.3 Å². The number of nitrogens with zero attached hydrogens (tertiary/aromatic N) is 1. The molecule has 13 heavy (non-hydrogen) atoms. The second-order valence-electron chi connectivity index (χ2n) is 3.39. The Labute approximate surface area is 76.9 Å². The number of nitrogens with one attached hydrogen (secondary N) is 2. The summed E-state index contributed by atoms with van der Waals surface area (Å²) in [6, 6.07) is 4.25. The Morgan fingerprint density at radius 1 is 1.23 bits per heavy atom. The van der Waals surface area contributed by atoms with Gasteiger partial charge in [-0.2, -0.15) is 0 Å². The van der Waals surface area contributed by atoms with Crippen molar-refractivity contribution in [3.8, 4) is 0 Å². The van der Waals surface area contributed by atoms with E-state index < -0.39 is 0 Å². The summed E-state index contributed by atoms with van der Waals surface area (Å²) in [7, 11) is 0. The van der Waals surface area contributed by atoms with Crippen molar-refractivity contribution in [2.24, 2.45) is 4.99 Å². The van der Waals surface area contributed by atoms with Gasteiger partial charge in [-0.25, -0.2) is 0 Å². The summed E-state index contributed by atoms with van der Waals surface area (Å²) in [6.45, 7) is 2.82. The monoisotopic (exact) mass is 173 g/mol. The molecular weight excluding hydrogens is 162 g/mol. The van der Waals surface area contributed by atoms with Crippen LogP contribution in [0.15, 0.2) is 17.1 Å². The van der Waals surface area contributed by atoms with Crippen LogP contribution in [0.5, 0.6) is 0 Å². The maximum Gasteiger partial charge on any atom is 0.0861 e. The number of benzene rings is 1. The summed E-state index contributed by atoms with van der Waals surface area (Å²) < 4.78 is 0. The zero-order valence-electron chi connectivity index (χ0n) is 7.30. The second-order valence-corrected chi connectivity index (χ2v) is 3.39. The first-order valence-corrected chi connectivity index (χ1v) is 4.57. The predicted molar refractivity (Wildman–Crippen MR) is 53.6 cm³/mol. The number of aliphatic imine (C=N–C) groups is 1. The van der Waals surface area contributed by atoms with E-state index in [0.717, 1.165) is 25.3 Å². The molecule has 0 saturated carbocycles. The van der Waals surface area contributed by atoms with E-state index in [1.165, 1.54) is 16.8 Å². The average Bonchev–Trinajstić information content (AvgIpc) is 2.65. The van der Waals surface area contributed by atoms with Crippen molar-refractivity contribution in [2.45, 2.75) is 13.1 Å². The smallest absolute Gasteiger partial charge is 0.0861 e. The standard InChI is InChI=1S/C10H11N3/c1-2-9-10(13-4-3-12-9)8-6-11-5-7(1)8/h1-3,11,13H,4-6H2. The third-order valence-corrected chi connectivity index (χ3v) is 2.61. The quantitative estimate of drug-likeness (QED) is 0.622. The van der Waals surface area contributed by atoms with Crippen LogP contribution in [-0.4, -0.2) is 12.8 Å². The van der Waals surface area contributed by atoms with Gasteiger partial charge in [0.1, 0.15) is 0 Å². The van der Waals surface area contributed by atoms with Gasteiger partial charge in [-0.3, -0.25) is 4.99 Å². The lowest BCUT2D eigenvalue weighted by molar-refractivity contribution is 0.765. The normalized spacial score (nSPS) is 17.8. The fraction of sp³-hybridized carbons (Fsp3) is 0.300. The van der Waals surface area contributed by atoms with Crippen LogP contribution in [-0.2, 0) is 13.1 Å². The lowest BCUT2D eigenvalue weighted by atomic mass is 10.1. The molecule has 2 aliphatic heterocycles.